The van der Waals surface area contributed by atoms with Gasteiger partial charge in [-0.05, 0) is 151 Å². The fourth-order valence-electron chi connectivity index (χ4n) is 14.6. The van der Waals surface area contributed by atoms with E-state index in [0.717, 1.165) is 115 Å². The lowest BCUT2D eigenvalue weighted by molar-refractivity contribution is -0.149. The largest absolute Gasteiger partial charge is 0.494 e. The van der Waals surface area contributed by atoms with Gasteiger partial charge in [0.15, 0.2) is 0 Å². The molecule has 560 valence electrons. The topological polar surface area (TPSA) is 294 Å². The van der Waals surface area contributed by atoms with Gasteiger partial charge in [-0.15, -0.1) is 10.2 Å². The molecule has 0 radical (unpaired) electrons. The number of nitrogens with zero attached hydrogens (tertiary/aromatic N) is 6. The third kappa shape index (κ3) is 23.7. The number of hydrogen-bond donors (Lipinski definition) is 6. The van der Waals surface area contributed by atoms with Crippen molar-refractivity contribution in [2.75, 3.05) is 32.9 Å². The monoisotopic (exact) mass is 1420 g/mol. The van der Waals surface area contributed by atoms with Crippen LogP contribution in [-0.2, 0) is 57.6 Å². The van der Waals surface area contributed by atoms with Gasteiger partial charge in [-0.2, -0.15) is 5.21 Å². The predicted octanol–water partition coefficient (Wildman–Crippen LogP) is 15.1. The van der Waals surface area contributed by atoms with Gasteiger partial charge in [0.25, 0.3) is 5.91 Å². The molecular formula is C82H116N10O11. The number of allylic oxidation sites excluding steroid dienone is 2. The first kappa shape index (κ1) is 81.7. The van der Waals surface area contributed by atoms with Crippen molar-refractivity contribution in [2.45, 2.75) is 264 Å². The summed E-state index contributed by atoms with van der Waals surface area (Å²) in [6.45, 7) is 16.1. The van der Waals surface area contributed by atoms with Gasteiger partial charge >= 0.3 is 23.9 Å². The number of aryl methyl sites for hydroxylation is 2. The number of aliphatic carboxylic acids is 2. The van der Waals surface area contributed by atoms with Crippen LogP contribution in [0.1, 0.15) is 244 Å². The average molecular weight is 1420 g/mol. The minimum atomic E-state index is -1.02. The number of ether oxygens (including phenoxy) is 3. The molecule has 1 saturated carbocycles. The van der Waals surface area contributed by atoms with Crippen molar-refractivity contribution in [3.05, 3.63) is 142 Å². The summed E-state index contributed by atoms with van der Waals surface area (Å²) in [5.74, 6) is -1.42. The minimum absolute atomic E-state index is 0.202. The zero-order valence-electron chi connectivity index (χ0n) is 62.4. The number of unbranched alkanes of at least 4 members (excludes halogenated alkanes) is 14. The second-order valence-corrected chi connectivity index (χ2v) is 27.5. The van der Waals surface area contributed by atoms with E-state index in [2.05, 4.69) is 81.5 Å². The number of aromatic nitrogens is 4. The van der Waals surface area contributed by atoms with E-state index in [1.807, 2.05) is 86.3 Å². The second kappa shape index (κ2) is 43.5. The Hall–Kier alpha value is -8.56. The number of benzene rings is 4. The maximum Gasteiger partial charge on any atom is 0.336 e. The molecule has 0 bridgehead atoms. The molecule has 5 aromatic rings. The van der Waals surface area contributed by atoms with Crippen molar-refractivity contribution in [1.82, 2.24) is 41.1 Å². The number of likely N-dealkylation sites (tertiary alicyclic amines) is 1. The molecule has 4 heterocycles. The van der Waals surface area contributed by atoms with Gasteiger partial charge in [0.1, 0.15) is 29.2 Å². The number of amides is 2. The quantitative estimate of drug-likeness (QED) is 0.0157. The molecule has 7 N–H and O–H groups in total. The van der Waals surface area contributed by atoms with Crippen LogP contribution in [0.4, 0.5) is 0 Å². The summed E-state index contributed by atoms with van der Waals surface area (Å²) in [6, 6.07) is 29.6. The molecule has 3 aliphatic heterocycles. The van der Waals surface area contributed by atoms with E-state index in [1.54, 1.807) is 13.8 Å². The summed E-state index contributed by atoms with van der Waals surface area (Å²) in [4.78, 5) is 84.7. The van der Waals surface area contributed by atoms with Crippen molar-refractivity contribution in [1.29, 1.82) is 0 Å². The van der Waals surface area contributed by atoms with Gasteiger partial charge in [-0.25, -0.2) is 14.4 Å². The molecule has 1 spiro atoms. The molecule has 1 aliphatic carbocycles. The Morgan fingerprint density at radius 1 is 0.641 bits per heavy atom. The third-order valence-corrected chi connectivity index (χ3v) is 20.0. The Kier molecular flexibility index (Phi) is 34.5. The molecule has 2 amide bonds. The lowest BCUT2D eigenvalue weighted by Gasteiger charge is -2.32. The summed E-state index contributed by atoms with van der Waals surface area (Å²) in [5.41, 5.74) is 14.5. The highest BCUT2D eigenvalue weighted by molar-refractivity contribution is 6.08. The van der Waals surface area contributed by atoms with Gasteiger partial charge in [0, 0.05) is 35.5 Å². The molecule has 9 rings (SSSR count). The van der Waals surface area contributed by atoms with Gasteiger partial charge in [0.05, 0.1) is 49.5 Å². The summed E-state index contributed by atoms with van der Waals surface area (Å²) in [6.07, 6.45) is 28.6. The molecule has 4 aromatic carbocycles. The zero-order valence-corrected chi connectivity index (χ0v) is 62.4. The number of carboxylic acids is 2. The number of nitrogens with one attached hydrogen (secondary N) is 3. The van der Waals surface area contributed by atoms with E-state index < -0.39 is 53.5 Å². The first-order valence-corrected chi connectivity index (χ1v) is 38.4. The van der Waals surface area contributed by atoms with E-state index >= 15 is 0 Å². The Bertz CT molecular complexity index is 3530. The average Bonchev–Trinajstić information content (AvgIpc) is 1.57. The lowest BCUT2D eigenvalue weighted by Crippen LogP contribution is -2.54. The van der Waals surface area contributed by atoms with Gasteiger partial charge in [-0.3, -0.25) is 29.6 Å². The van der Waals surface area contributed by atoms with E-state index in [-0.39, 0.29) is 25.0 Å². The summed E-state index contributed by atoms with van der Waals surface area (Å²) < 4.78 is 17.1. The Morgan fingerprint density at radius 3 is 1.83 bits per heavy atom. The smallest absolute Gasteiger partial charge is 0.336 e. The first-order valence-electron chi connectivity index (χ1n) is 38.4. The molecule has 0 unspecified atom stereocenters. The lowest BCUT2D eigenvalue weighted by atomic mass is 9.77. The minimum Gasteiger partial charge on any atom is -0.494 e. The SMILES string of the molecule is CCCCC1=NC2(CCCC2)C(=O)N1Cc1ccc(-c2ccccc2-c2nn[nH]n2)cc1.CCCCCCCCCCCCCCCc1cccc(OCC)c1C1C(C(=O)OCC)=C(C)NC(C)=C1C(=O)OCC.NCCCC[C@H](N[C@@H](CCc1ccccc1)C(=O)O)C(=O)N1CCC[C@H]1C(=O)O. The van der Waals surface area contributed by atoms with Crippen LogP contribution in [0.2, 0.25) is 0 Å². The molecule has 1 aromatic heterocycles. The highest BCUT2D eigenvalue weighted by Crippen LogP contribution is 2.46. The van der Waals surface area contributed by atoms with Crippen molar-refractivity contribution in [3.8, 4) is 28.3 Å². The fraction of sp³-hybridized carbons (Fsp3) is 0.561. The zero-order chi connectivity index (χ0) is 73.9. The Labute approximate surface area is 611 Å². The first-order chi connectivity index (χ1) is 50.0. The second-order valence-electron chi connectivity index (χ2n) is 27.5. The summed E-state index contributed by atoms with van der Waals surface area (Å²) in [7, 11) is 0. The van der Waals surface area contributed by atoms with E-state index in [4.69, 9.17) is 24.9 Å². The van der Waals surface area contributed by atoms with Crippen LogP contribution in [0.25, 0.3) is 22.5 Å². The number of tetrazole rings is 1. The van der Waals surface area contributed by atoms with Crippen LogP contribution < -0.4 is 21.1 Å². The van der Waals surface area contributed by atoms with Crippen LogP contribution in [0.15, 0.2) is 125 Å². The number of H-pyrrole nitrogens is 1. The Morgan fingerprint density at radius 2 is 1.25 bits per heavy atom. The van der Waals surface area contributed by atoms with Crippen LogP contribution in [0, 0.1) is 0 Å². The van der Waals surface area contributed by atoms with Crippen molar-refractivity contribution >= 4 is 41.5 Å². The number of carboxylic acid groups (broad SMARTS) is 2. The number of nitrogens with two attached hydrogens (primary N) is 1. The number of hydrogen-bond acceptors (Lipinski definition) is 16. The van der Waals surface area contributed by atoms with Gasteiger partial charge < -0.3 is 40.4 Å². The third-order valence-electron chi connectivity index (χ3n) is 20.0. The van der Waals surface area contributed by atoms with Crippen molar-refractivity contribution < 1.29 is 53.2 Å². The summed E-state index contributed by atoms with van der Waals surface area (Å²) in [5, 5.41) is 39.7. The van der Waals surface area contributed by atoms with E-state index in [0.29, 0.717) is 98.9 Å². The fourth-order valence-corrected chi connectivity index (χ4v) is 14.6. The molecule has 2 fully saturated rings. The van der Waals surface area contributed by atoms with Crippen molar-refractivity contribution in [2.24, 2.45) is 10.7 Å². The van der Waals surface area contributed by atoms with Crippen molar-refractivity contribution in [3.63, 3.8) is 0 Å². The number of carbonyl (C=O) groups excluding carboxylic acids is 4. The maximum absolute atomic E-state index is 13.4. The maximum atomic E-state index is 13.4. The Balaban J connectivity index is 0.000000220. The number of aliphatic imine (C=N–C) groups is 1. The standard InChI is InChI=1S/C36H57NO5.C25H28N6O.C21H31N3O5/c1-7-11-12-13-14-15-16-17-18-19-20-21-22-24-29-25-23-26-30(40-8-2)33(29)34-31(35(38)41-9-3)27(5)37-28(6)32(34)36(39)42-10-4;1-2-3-10-22-26-25(15-6-7-16-25)24(32)31(22)17-18-11-13-19(14-12-18)20-8-4-5-9-21(20)23-27-29-30-28-23;22-13-5-4-9-16(19(25)24-14-6-10-18(24)21(28)29)23-17(20(26)27)12-11-15-7-2-1-3-8-15/h23,25-26,34,37H,7-22,24H2,1-6H3;4-5,8-9,11-14H,2-3,6-7,10,15-17H2,1H3,(H,27,28,29,30);1-3,7-8,16-18,23H,4-6,9-14,22H2,(H,26,27)(H,28,29)/t;;16-,17-,18-/m..0/s1. The highest BCUT2D eigenvalue weighted by Gasteiger charge is 2.49. The van der Waals surface area contributed by atoms with Crippen LogP contribution in [0.5, 0.6) is 5.75 Å². The van der Waals surface area contributed by atoms with Crippen LogP contribution >= 0.6 is 0 Å². The predicted molar refractivity (Wildman–Crippen MR) is 404 cm³/mol. The number of amidine groups is 1. The number of dihydropyridines is 1. The molecule has 21 nitrogen and oxygen atoms in total. The molecular weight excluding hydrogens is 1300 g/mol. The number of carbonyl (C=O) groups is 6. The van der Waals surface area contributed by atoms with E-state index in [1.165, 1.54) is 75.5 Å². The molecule has 4 aliphatic rings. The van der Waals surface area contributed by atoms with Gasteiger partial charge in [-0.1, -0.05) is 208 Å². The molecule has 3 atom stereocenters. The van der Waals surface area contributed by atoms with Gasteiger partial charge in [0.2, 0.25) is 11.7 Å². The molecule has 21 heteroatoms. The van der Waals surface area contributed by atoms with Crippen LogP contribution in [0.3, 0.4) is 0 Å². The highest BCUT2D eigenvalue weighted by atomic mass is 16.5. The number of rotatable bonds is 40. The normalized spacial score (nSPS) is 16.2. The molecule has 103 heavy (non-hydrogen) atoms. The van der Waals surface area contributed by atoms with E-state index in [9.17, 15) is 39.0 Å². The molecule has 1 saturated heterocycles. The number of aromatic amines is 1. The summed E-state index contributed by atoms with van der Waals surface area (Å²) >= 11 is 0. The number of esters is 2. The van der Waals surface area contributed by atoms with Crippen LogP contribution in [-0.4, -0.2) is 139 Å².